The fourth-order valence-electron chi connectivity index (χ4n) is 1.54. The summed E-state index contributed by atoms with van der Waals surface area (Å²) in [6.07, 6.45) is 2.64. The van der Waals surface area contributed by atoms with Crippen LogP contribution in [0.15, 0.2) is 11.4 Å². The van der Waals surface area contributed by atoms with Crippen molar-refractivity contribution in [2.45, 2.75) is 26.3 Å². The van der Waals surface area contributed by atoms with E-state index < -0.39 is 0 Å². The highest BCUT2D eigenvalue weighted by molar-refractivity contribution is 7.10. The van der Waals surface area contributed by atoms with E-state index >= 15 is 0 Å². The maximum Gasteiger partial charge on any atom is 0.234 e. The lowest BCUT2D eigenvalue weighted by Gasteiger charge is -2.05. The second kappa shape index (κ2) is 6.99. The van der Waals surface area contributed by atoms with Crippen molar-refractivity contribution in [2.75, 3.05) is 13.1 Å². The summed E-state index contributed by atoms with van der Waals surface area (Å²) in [6.45, 7) is 4.17. The number of hydrogen-bond donors (Lipinski definition) is 2. The molecule has 1 aliphatic carbocycles. The second-order valence-electron chi connectivity index (χ2n) is 4.38. The molecule has 0 atom stereocenters. The summed E-state index contributed by atoms with van der Waals surface area (Å²) < 4.78 is 0. The standard InChI is InChI=1S/C12H18N2OS.ClH/c1-9-4-5-16-11(9)7-14-12(15)8-13-6-10-2-3-10;/h4-5,10,13H,2-3,6-8H2,1H3,(H,14,15);1H. The number of carbonyl (C=O) groups is 1. The van der Waals surface area contributed by atoms with E-state index in [-0.39, 0.29) is 18.3 Å². The molecule has 0 aliphatic heterocycles. The first-order valence-corrected chi connectivity index (χ1v) is 6.64. The molecule has 0 bridgehead atoms. The molecule has 1 aliphatic rings. The van der Waals surface area contributed by atoms with Crippen molar-refractivity contribution in [3.63, 3.8) is 0 Å². The summed E-state index contributed by atoms with van der Waals surface area (Å²) in [5.74, 6) is 0.917. The van der Waals surface area contributed by atoms with E-state index in [0.717, 1.165) is 12.5 Å². The molecule has 2 rings (SSSR count). The maximum atomic E-state index is 11.5. The lowest BCUT2D eigenvalue weighted by molar-refractivity contribution is -0.120. The van der Waals surface area contributed by atoms with Gasteiger partial charge in [0.25, 0.3) is 0 Å². The molecule has 0 spiro atoms. The smallest absolute Gasteiger partial charge is 0.234 e. The zero-order valence-corrected chi connectivity index (χ0v) is 11.6. The van der Waals surface area contributed by atoms with Gasteiger partial charge in [0.05, 0.1) is 13.1 Å². The quantitative estimate of drug-likeness (QED) is 0.834. The molecule has 0 aromatic carbocycles. The van der Waals surface area contributed by atoms with Crippen LogP contribution in [0.4, 0.5) is 0 Å². The molecule has 1 aromatic heterocycles. The lowest BCUT2D eigenvalue weighted by atomic mass is 10.3. The van der Waals surface area contributed by atoms with Gasteiger partial charge in [0.15, 0.2) is 0 Å². The molecule has 1 aromatic rings. The Balaban J connectivity index is 0.00000144. The van der Waals surface area contributed by atoms with E-state index in [1.54, 1.807) is 11.3 Å². The van der Waals surface area contributed by atoms with Crippen molar-refractivity contribution in [1.82, 2.24) is 10.6 Å². The van der Waals surface area contributed by atoms with E-state index in [0.29, 0.717) is 13.1 Å². The minimum atomic E-state index is 0. The summed E-state index contributed by atoms with van der Waals surface area (Å²) in [7, 11) is 0. The van der Waals surface area contributed by atoms with Crippen LogP contribution >= 0.6 is 23.7 Å². The highest BCUT2D eigenvalue weighted by Crippen LogP contribution is 2.27. The van der Waals surface area contributed by atoms with Gasteiger partial charge in [-0.2, -0.15) is 0 Å². The molecule has 2 N–H and O–H groups in total. The monoisotopic (exact) mass is 274 g/mol. The summed E-state index contributed by atoms with van der Waals surface area (Å²) in [6, 6.07) is 2.08. The Kier molecular flexibility index (Phi) is 5.95. The molecule has 1 heterocycles. The third-order valence-corrected chi connectivity index (χ3v) is 3.85. The Morgan fingerprint density at radius 1 is 1.53 bits per heavy atom. The van der Waals surface area contributed by atoms with Gasteiger partial charge in [-0.05, 0) is 49.2 Å². The van der Waals surface area contributed by atoms with Crippen molar-refractivity contribution in [2.24, 2.45) is 5.92 Å². The number of aryl methyl sites for hydroxylation is 1. The van der Waals surface area contributed by atoms with E-state index in [1.807, 2.05) is 0 Å². The molecule has 1 fully saturated rings. The summed E-state index contributed by atoms with van der Waals surface area (Å²) in [4.78, 5) is 12.7. The van der Waals surface area contributed by atoms with Crippen LogP contribution in [0, 0.1) is 12.8 Å². The largest absolute Gasteiger partial charge is 0.350 e. The van der Waals surface area contributed by atoms with Crippen molar-refractivity contribution < 1.29 is 4.79 Å². The predicted molar refractivity (Wildman–Crippen MR) is 73.7 cm³/mol. The fraction of sp³-hybridized carbons (Fsp3) is 0.583. The normalized spacial score (nSPS) is 14.2. The Bertz CT molecular complexity index is 363. The minimum Gasteiger partial charge on any atom is -0.350 e. The zero-order chi connectivity index (χ0) is 11.4. The summed E-state index contributed by atoms with van der Waals surface area (Å²) in [5, 5.41) is 8.17. The molecule has 0 saturated heterocycles. The minimum absolute atomic E-state index is 0. The van der Waals surface area contributed by atoms with Crippen LogP contribution in [0.5, 0.6) is 0 Å². The molecule has 0 unspecified atom stereocenters. The number of carbonyl (C=O) groups excluding carboxylic acids is 1. The van der Waals surface area contributed by atoms with Gasteiger partial charge in [-0.25, -0.2) is 0 Å². The average Bonchev–Trinajstić information content (AvgIpc) is 2.99. The second-order valence-corrected chi connectivity index (χ2v) is 5.38. The first kappa shape index (κ1) is 14.5. The van der Waals surface area contributed by atoms with E-state index in [9.17, 15) is 4.79 Å². The van der Waals surface area contributed by atoms with Crippen molar-refractivity contribution in [3.8, 4) is 0 Å². The predicted octanol–water partition coefficient (Wildman–Crippen LogP) is 2.09. The van der Waals surface area contributed by atoms with Gasteiger partial charge in [0, 0.05) is 4.88 Å². The van der Waals surface area contributed by atoms with Gasteiger partial charge in [-0.1, -0.05) is 0 Å². The van der Waals surface area contributed by atoms with Gasteiger partial charge < -0.3 is 10.6 Å². The molecule has 1 amide bonds. The van der Waals surface area contributed by atoms with Crippen LogP contribution in [0.3, 0.4) is 0 Å². The Hall–Kier alpha value is -0.580. The van der Waals surface area contributed by atoms with Gasteiger partial charge in [-0.3, -0.25) is 4.79 Å². The summed E-state index contributed by atoms with van der Waals surface area (Å²) >= 11 is 1.70. The molecular weight excluding hydrogens is 256 g/mol. The lowest BCUT2D eigenvalue weighted by Crippen LogP contribution is -2.34. The fourth-order valence-corrected chi connectivity index (χ4v) is 2.38. The average molecular weight is 275 g/mol. The highest BCUT2D eigenvalue weighted by atomic mass is 35.5. The van der Waals surface area contributed by atoms with Gasteiger partial charge in [0.2, 0.25) is 5.91 Å². The maximum absolute atomic E-state index is 11.5. The van der Waals surface area contributed by atoms with Gasteiger partial charge in [-0.15, -0.1) is 23.7 Å². The van der Waals surface area contributed by atoms with Crippen LogP contribution in [0.25, 0.3) is 0 Å². The van der Waals surface area contributed by atoms with Crippen LogP contribution in [0.1, 0.15) is 23.3 Å². The molecule has 96 valence electrons. The van der Waals surface area contributed by atoms with E-state index in [1.165, 1.54) is 23.3 Å². The molecule has 17 heavy (non-hydrogen) atoms. The Morgan fingerprint density at radius 3 is 2.88 bits per heavy atom. The van der Waals surface area contributed by atoms with Crippen LogP contribution in [-0.2, 0) is 11.3 Å². The zero-order valence-electron chi connectivity index (χ0n) is 9.99. The first-order chi connectivity index (χ1) is 7.75. The van der Waals surface area contributed by atoms with Crippen molar-refractivity contribution >= 4 is 29.7 Å². The number of thiophene rings is 1. The third kappa shape index (κ3) is 5.06. The number of halogens is 1. The first-order valence-electron chi connectivity index (χ1n) is 5.76. The number of nitrogens with one attached hydrogen (secondary N) is 2. The molecule has 3 nitrogen and oxygen atoms in total. The molecule has 1 saturated carbocycles. The van der Waals surface area contributed by atoms with Gasteiger partial charge >= 0.3 is 0 Å². The Morgan fingerprint density at radius 2 is 2.29 bits per heavy atom. The topological polar surface area (TPSA) is 41.1 Å². The Labute approximate surface area is 112 Å². The summed E-state index contributed by atoms with van der Waals surface area (Å²) in [5.41, 5.74) is 1.26. The molecule has 0 radical (unpaired) electrons. The number of amides is 1. The van der Waals surface area contributed by atoms with E-state index in [4.69, 9.17) is 0 Å². The van der Waals surface area contributed by atoms with Crippen LogP contribution in [-0.4, -0.2) is 19.0 Å². The van der Waals surface area contributed by atoms with Crippen LogP contribution in [0.2, 0.25) is 0 Å². The van der Waals surface area contributed by atoms with E-state index in [2.05, 4.69) is 29.0 Å². The van der Waals surface area contributed by atoms with Crippen molar-refractivity contribution in [1.29, 1.82) is 0 Å². The molecule has 5 heteroatoms. The molecular formula is C12H19ClN2OS. The number of hydrogen-bond acceptors (Lipinski definition) is 3. The SMILES string of the molecule is Cc1ccsc1CNC(=O)CNCC1CC1.Cl. The van der Waals surface area contributed by atoms with Crippen molar-refractivity contribution in [3.05, 3.63) is 21.9 Å². The van der Waals surface area contributed by atoms with Crippen LogP contribution < -0.4 is 10.6 Å². The number of rotatable bonds is 6. The third-order valence-electron chi connectivity index (χ3n) is 2.83. The van der Waals surface area contributed by atoms with Gasteiger partial charge in [0.1, 0.15) is 0 Å². The highest BCUT2D eigenvalue weighted by Gasteiger charge is 2.20.